The summed E-state index contributed by atoms with van der Waals surface area (Å²) in [5, 5.41) is 11.3. The van der Waals surface area contributed by atoms with Crippen molar-refractivity contribution in [2.75, 3.05) is 5.32 Å². The predicted octanol–water partition coefficient (Wildman–Crippen LogP) is 2.36. The number of carbonyl (C=O) groups excluding carboxylic acids is 1. The summed E-state index contributed by atoms with van der Waals surface area (Å²) < 4.78 is 0. The van der Waals surface area contributed by atoms with Crippen LogP contribution in [0.1, 0.15) is 11.3 Å². The number of nitrogens with one attached hydrogen (secondary N) is 1. The Morgan fingerprint density at radius 2 is 1.90 bits per heavy atom. The Morgan fingerprint density at radius 3 is 2.52 bits per heavy atom. The van der Waals surface area contributed by atoms with E-state index in [9.17, 15) is 9.59 Å². The van der Waals surface area contributed by atoms with Gasteiger partial charge in [-0.05, 0) is 23.8 Å². The van der Waals surface area contributed by atoms with E-state index in [1.165, 1.54) is 12.3 Å². The number of amides is 1. The smallest absolute Gasteiger partial charge is 0.309 e. The van der Waals surface area contributed by atoms with Crippen molar-refractivity contribution < 1.29 is 14.7 Å². The maximum atomic E-state index is 11.7. The second kappa shape index (κ2) is 7.00. The van der Waals surface area contributed by atoms with E-state index in [-0.39, 0.29) is 12.3 Å². The van der Waals surface area contributed by atoms with Crippen molar-refractivity contribution in [2.24, 2.45) is 0 Å². The number of carboxylic acid groups (broad SMARTS) is 1. The second-order valence-electron chi connectivity index (χ2n) is 4.34. The zero-order chi connectivity index (χ0) is 15.1. The number of carbonyl (C=O) groups is 2. The fourth-order valence-corrected chi connectivity index (χ4v) is 1.68. The summed E-state index contributed by atoms with van der Waals surface area (Å²) in [4.78, 5) is 26.2. The molecule has 1 aromatic heterocycles. The summed E-state index contributed by atoms with van der Waals surface area (Å²) in [6.07, 6.45) is 4.44. The van der Waals surface area contributed by atoms with Crippen LogP contribution >= 0.6 is 0 Å². The Labute approximate surface area is 122 Å². The number of benzene rings is 1. The maximum Gasteiger partial charge on any atom is 0.309 e. The Morgan fingerprint density at radius 1 is 1.14 bits per heavy atom. The monoisotopic (exact) mass is 282 g/mol. The molecule has 0 spiro atoms. The lowest BCUT2D eigenvalue weighted by Crippen LogP contribution is -2.09. The van der Waals surface area contributed by atoms with E-state index in [0.717, 1.165) is 5.56 Å². The lowest BCUT2D eigenvalue weighted by atomic mass is 10.2. The maximum absolute atomic E-state index is 11.7. The Bertz CT molecular complexity index is 649. The van der Waals surface area contributed by atoms with Crippen LogP contribution in [0, 0.1) is 0 Å². The van der Waals surface area contributed by atoms with E-state index in [1.54, 1.807) is 18.2 Å². The summed E-state index contributed by atoms with van der Waals surface area (Å²) >= 11 is 0. The normalized spacial score (nSPS) is 10.5. The molecule has 2 N–H and O–H groups in total. The van der Waals surface area contributed by atoms with Gasteiger partial charge < -0.3 is 10.4 Å². The fourth-order valence-electron chi connectivity index (χ4n) is 1.68. The molecular weight excluding hydrogens is 268 g/mol. The van der Waals surface area contributed by atoms with E-state index >= 15 is 0 Å². The average molecular weight is 282 g/mol. The molecule has 5 nitrogen and oxygen atoms in total. The highest BCUT2D eigenvalue weighted by molar-refractivity contribution is 6.01. The van der Waals surface area contributed by atoms with E-state index in [1.807, 2.05) is 30.3 Å². The minimum absolute atomic E-state index is 0.137. The highest BCUT2D eigenvalue weighted by Gasteiger charge is 2.03. The minimum Gasteiger partial charge on any atom is -0.481 e. The van der Waals surface area contributed by atoms with Crippen molar-refractivity contribution in [1.82, 2.24) is 4.98 Å². The SMILES string of the molecule is O=C(O)Cc1ccc(NC(=O)/C=C/c2ccccc2)cn1. The fraction of sp³-hybridized carbons (Fsp3) is 0.0625. The number of carboxylic acids is 1. The molecule has 1 heterocycles. The number of rotatable bonds is 5. The third-order valence-corrected chi connectivity index (χ3v) is 2.65. The first kappa shape index (κ1) is 14.5. The van der Waals surface area contributed by atoms with Crippen LogP contribution < -0.4 is 5.32 Å². The molecule has 5 heteroatoms. The van der Waals surface area contributed by atoms with Crippen LogP contribution in [0.2, 0.25) is 0 Å². The van der Waals surface area contributed by atoms with E-state index in [0.29, 0.717) is 11.4 Å². The molecular formula is C16H14N2O3. The summed E-state index contributed by atoms with van der Waals surface area (Å²) in [5.74, 6) is -1.21. The first-order valence-corrected chi connectivity index (χ1v) is 6.34. The number of aliphatic carboxylic acids is 1. The number of hydrogen-bond acceptors (Lipinski definition) is 3. The minimum atomic E-state index is -0.940. The van der Waals surface area contributed by atoms with Crippen molar-refractivity contribution in [3.63, 3.8) is 0 Å². The average Bonchev–Trinajstić information content (AvgIpc) is 2.48. The molecule has 0 atom stereocenters. The molecule has 2 aromatic rings. The summed E-state index contributed by atoms with van der Waals surface area (Å²) in [6, 6.07) is 12.7. The van der Waals surface area contributed by atoms with Gasteiger partial charge in [0.05, 0.1) is 24.0 Å². The van der Waals surface area contributed by atoms with Gasteiger partial charge >= 0.3 is 5.97 Å². The van der Waals surface area contributed by atoms with Gasteiger partial charge in [-0.2, -0.15) is 0 Å². The third-order valence-electron chi connectivity index (χ3n) is 2.65. The van der Waals surface area contributed by atoms with E-state index in [4.69, 9.17) is 5.11 Å². The van der Waals surface area contributed by atoms with Crippen molar-refractivity contribution >= 4 is 23.6 Å². The molecule has 0 saturated carbocycles. The van der Waals surface area contributed by atoms with Gasteiger partial charge in [-0.3, -0.25) is 14.6 Å². The molecule has 2 rings (SSSR count). The molecule has 21 heavy (non-hydrogen) atoms. The first-order chi connectivity index (χ1) is 10.1. The molecule has 1 aromatic carbocycles. The molecule has 0 bridgehead atoms. The molecule has 0 saturated heterocycles. The van der Waals surface area contributed by atoms with Gasteiger partial charge in [-0.25, -0.2) is 0 Å². The molecule has 0 aliphatic heterocycles. The second-order valence-corrected chi connectivity index (χ2v) is 4.34. The highest BCUT2D eigenvalue weighted by atomic mass is 16.4. The molecule has 106 valence electrons. The topological polar surface area (TPSA) is 79.3 Å². The Hall–Kier alpha value is -2.95. The van der Waals surface area contributed by atoms with Gasteiger partial charge in [0, 0.05) is 6.08 Å². The number of aromatic nitrogens is 1. The lowest BCUT2D eigenvalue weighted by Gasteiger charge is -2.02. The van der Waals surface area contributed by atoms with Crippen molar-refractivity contribution in [1.29, 1.82) is 0 Å². The zero-order valence-corrected chi connectivity index (χ0v) is 11.2. The third kappa shape index (κ3) is 4.91. The van der Waals surface area contributed by atoms with Crippen LogP contribution in [0.4, 0.5) is 5.69 Å². The molecule has 0 aliphatic rings. The van der Waals surface area contributed by atoms with E-state index in [2.05, 4.69) is 10.3 Å². The molecule has 0 fully saturated rings. The van der Waals surface area contributed by atoms with Crippen LogP contribution in [0.5, 0.6) is 0 Å². The number of anilines is 1. The highest BCUT2D eigenvalue weighted by Crippen LogP contribution is 2.07. The predicted molar refractivity (Wildman–Crippen MR) is 79.7 cm³/mol. The molecule has 0 unspecified atom stereocenters. The summed E-state index contributed by atoms with van der Waals surface area (Å²) in [5.41, 5.74) is 1.90. The van der Waals surface area contributed by atoms with Crippen molar-refractivity contribution in [3.8, 4) is 0 Å². The standard InChI is InChI=1S/C16H14N2O3/c19-15(9-6-12-4-2-1-3-5-12)18-14-8-7-13(17-11-14)10-16(20)21/h1-9,11H,10H2,(H,18,19)(H,20,21)/b9-6+. The van der Waals surface area contributed by atoms with Crippen LogP contribution in [0.15, 0.2) is 54.7 Å². The Balaban J connectivity index is 1.93. The lowest BCUT2D eigenvalue weighted by molar-refractivity contribution is -0.136. The van der Waals surface area contributed by atoms with Gasteiger partial charge in [0.2, 0.25) is 5.91 Å². The number of pyridine rings is 1. The van der Waals surface area contributed by atoms with Gasteiger partial charge in [0.15, 0.2) is 0 Å². The first-order valence-electron chi connectivity index (χ1n) is 6.34. The number of hydrogen-bond donors (Lipinski definition) is 2. The number of nitrogens with zero attached hydrogens (tertiary/aromatic N) is 1. The molecule has 0 radical (unpaired) electrons. The molecule has 1 amide bonds. The van der Waals surface area contributed by atoms with Gasteiger partial charge in [-0.1, -0.05) is 30.3 Å². The van der Waals surface area contributed by atoms with Crippen LogP contribution in [-0.2, 0) is 16.0 Å². The van der Waals surface area contributed by atoms with Crippen molar-refractivity contribution in [2.45, 2.75) is 6.42 Å². The van der Waals surface area contributed by atoms with Crippen LogP contribution in [-0.4, -0.2) is 22.0 Å². The van der Waals surface area contributed by atoms with Crippen LogP contribution in [0.25, 0.3) is 6.08 Å². The summed E-state index contributed by atoms with van der Waals surface area (Å²) in [6.45, 7) is 0. The van der Waals surface area contributed by atoms with Gasteiger partial charge in [0.1, 0.15) is 0 Å². The quantitative estimate of drug-likeness (QED) is 0.825. The Kier molecular flexibility index (Phi) is 4.82. The largest absolute Gasteiger partial charge is 0.481 e. The van der Waals surface area contributed by atoms with Gasteiger partial charge in [-0.15, -0.1) is 0 Å². The van der Waals surface area contributed by atoms with E-state index < -0.39 is 5.97 Å². The summed E-state index contributed by atoms with van der Waals surface area (Å²) in [7, 11) is 0. The van der Waals surface area contributed by atoms with Gasteiger partial charge in [0.25, 0.3) is 0 Å². The van der Waals surface area contributed by atoms with Crippen LogP contribution in [0.3, 0.4) is 0 Å². The van der Waals surface area contributed by atoms with Crippen molar-refractivity contribution in [3.05, 3.63) is 66.0 Å². The molecule has 0 aliphatic carbocycles. The zero-order valence-electron chi connectivity index (χ0n) is 11.2.